The number of ether oxygens (including phenoxy) is 1. The Kier molecular flexibility index (Phi) is 5.78. The lowest BCUT2D eigenvalue weighted by atomic mass is 10.1. The van der Waals surface area contributed by atoms with Gasteiger partial charge in [-0.25, -0.2) is 0 Å². The molecule has 0 saturated heterocycles. The molecule has 0 amide bonds. The monoisotopic (exact) mass is 314 g/mol. The quantitative estimate of drug-likeness (QED) is 0.799. The van der Waals surface area contributed by atoms with E-state index >= 15 is 0 Å². The van der Waals surface area contributed by atoms with Crippen molar-refractivity contribution >= 4 is 23.0 Å². The van der Waals surface area contributed by atoms with Crippen LogP contribution in [-0.4, -0.2) is 11.7 Å². The Morgan fingerprint density at radius 1 is 1.09 bits per heavy atom. The average molecular weight is 314 g/mol. The molecular formula is C18H22N2OS. The van der Waals surface area contributed by atoms with E-state index in [-0.39, 0.29) is 6.04 Å². The van der Waals surface area contributed by atoms with E-state index in [2.05, 4.69) is 48.7 Å². The van der Waals surface area contributed by atoms with Gasteiger partial charge in [0.05, 0.1) is 12.6 Å². The van der Waals surface area contributed by atoms with E-state index in [1.54, 1.807) is 0 Å². The number of hydrogen-bond donors (Lipinski definition) is 2. The molecule has 2 aromatic rings. The van der Waals surface area contributed by atoms with Crippen molar-refractivity contribution in [2.24, 2.45) is 0 Å². The molecule has 0 aromatic heterocycles. The second-order valence-corrected chi connectivity index (χ2v) is 5.60. The summed E-state index contributed by atoms with van der Waals surface area (Å²) in [5, 5.41) is 7.10. The van der Waals surface area contributed by atoms with Gasteiger partial charge in [-0.1, -0.05) is 29.8 Å². The third-order valence-electron chi connectivity index (χ3n) is 3.35. The molecule has 0 bridgehead atoms. The summed E-state index contributed by atoms with van der Waals surface area (Å²) in [5.41, 5.74) is 3.38. The molecule has 0 spiro atoms. The lowest BCUT2D eigenvalue weighted by Crippen LogP contribution is -2.30. The molecule has 4 heteroatoms. The Bertz CT molecular complexity index is 608. The number of anilines is 1. The van der Waals surface area contributed by atoms with E-state index in [0.717, 1.165) is 17.0 Å². The number of aryl methyl sites for hydroxylation is 1. The Morgan fingerprint density at radius 3 is 2.32 bits per heavy atom. The van der Waals surface area contributed by atoms with Crippen molar-refractivity contribution < 1.29 is 4.74 Å². The maximum atomic E-state index is 5.45. The van der Waals surface area contributed by atoms with Crippen LogP contribution in [0.5, 0.6) is 5.75 Å². The fraction of sp³-hybridized carbons (Fsp3) is 0.278. The number of rotatable bonds is 5. The molecule has 0 heterocycles. The van der Waals surface area contributed by atoms with Crippen LogP contribution >= 0.6 is 12.2 Å². The molecule has 1 atom stereocenters. The summed E-state index contributed by atoms with van der Waals surface area (Å²) in [5.74, 6) is 0.888. The van der Waals surface area contributed by atoms with Gasteiger partial charge in [0.1, 0.15) is 5.75 Å². The van der Waals surface area contributed by atoms with Crippen molar-refractivity contribution in [1.82, 2.24) is 5.32 Å². The predicted molar refractivity (Wildman–Crippen MR) is 96.6 cm³/mol. The summed E-state index contributed by atoms with van der Waals surface area (Å²) in [6.45, 7) is 6.80. The fourth-order valence-electron chi connectivity index (χ4n) is 2.10. The first kappa shape index (κ1) is 16.3. The summed E-state index contributed by atoms with van der Waals surface area (Å²) < 4.78 is 5.45. The average Bonchev–Trinajstić information content (AvgIpc) is 2.50. The third-order valence-corrected chi connectivity index (χ3v) is 3.57. The minimum Gasteiger partial charge on any atom is -0.494 e. The van der Waals surface area contributed by atoms with E-state index in [0.29, 0.717) is 11.7 Å². The molecule has 0 aliphatic carbocycles. The van der Waals surface area contributed by atoms with E-state index in [4.69, 9.17) is 17.0 Å². The molecule has 0 saturated carbocycles. The van der Waals surface area contributed by atoms with Gasteiger partial charge in [-0.3, -0.25) is 0 Å². The van der Waals surface area contributed by atoms with Crippen molar-refractivity contribution in [3.8, 4) is 5.75 Å². The van der Waals surface area contributed by atoms with Gasteiger partial charge in [0.2, 0.25) is 0 Å². The first-order valence-corrected chi connectivity index (χ1v) is 7.86. The van der Waals surface area contributed by atoms with Gasteiger partial charge in [0.25, 0.3) is 0 Å². The van der Waals surface area contributed by atoms with Crippen LogP contribution in [0.1, 0.15) is 31.0 Å². The maximum absolute atomic E-state index is 5.45. The molecule has 2 aromatic carbocycles. The van der Waals surface area contributed by atoms with Crippen LogP contribution in [0.15, 0.2) is 48.5 Å². The number of benzene rings is 2. The van der Waals surface area contributed by atoms with E-state index in [9.17, 15) is 0 Å². The minimum absolute atomic E-state index is 0.126. The predicted octanol–water partition coefficient (Wildman–Crippen LogP) is 4.44. The Balaban J connectivity index is 1.91. The molecule has 2 rings (SSSR count). The zero-order valence-corrected chi connectivity index (χ0v) is 14.0. The standard InChI is InChI=1S/C18H22N2OS/c1-4-21-17-11-7-15(8-12-17)14(3)19-18(22)20-16-9-5-13(2)6-10-16/h5-12,14H,4H2,1-3H3,(H2,19,20,22). The number of hydrogen-bond acceptors (Lipinski definition) is 2. The summed E-state index contributed by atoms with van der Waals surface area (Å²) in [4.78, 5) is 0. The molecule has 0 radical (unpaired) electrons. The molecule has 2 N–H and O–H groups in total. The molecular weight excluding hydrogens is 292 g/mol. The highest BCUT2D eigenvalue weighted by Gasteiger charge is 2.07. The third kappa shape index (κ3) is 4.74. The van der Waals surface area contributed by atoms with E-state index < -0.39 is 0 Å². The largest absolute Gasteiger partial charge is 0.494 e. The van der Waals surface area contributed by atoms with Crippen LogP contribution in [0.2, 0.25) is 0 Å². The highest BCUT2D eigenvalue weighted by molar-refractivity contribution is 7.80. The molecule has 1 unspecified atom stereocenters. The zero-order chi connectivity index (χ0) is 15.9. The molecule has 3 nitrogen and oxygen atoms in total. The van der Waals surface area contributed by atoms with Crippen molar-refractivity contribution in [2.75, 3.05) is 11.9 Å². The van der Waals surface area contributed by atoms with Gasteiger partial charge in [0, 0.05) is 5.69 Å². The highest BCUT2D eigenvalue weighted by Crippen LogP contribution is 2.18. The lowest BCUT2D eigenvalue weighted by molar-refractivity contribution is 0.340. The van der Waals surface area contributed by atoms with Crippen LogP contribution in [0.3, 0.4) is 0 Å². The fourth-order valence-corrected chi connectivity index (χ4v) is 2.40. The van der Waals surface area contributed by atoms with Crippen LogP contribution in [0.4, 0.5) is 5.69 Å². The maximum Gasteiger partial charge on any atom is 0.171 e. The Morgan fingerprint density at radius 2 is 1.73 bits per heavy atom. The van der Waals surface area contributed by atoms with Crippen LogP contribution in [-0.2, 0) is 0 Å². The second-order valence-electron chi connectivity index (χ2n) is 5.19. The number of thiocarbonyl (C=S) groups is 1. The second kappa shape index (κ2) is 7.80. The van der Waals surface area contributed by atoms with E-state index in [1.165, 1.54) is 5.56 Å². The summed E-state index contributed by atoms with van der Waals surface area (Å²) in [6, 6.07) is 16.3. The topological polar surface area (TPSA) is 33.3 Å². The summed E-state index contributed by atoms with van der Waals surface area (Å²) >= 11 is 5.37. The van der Waals surface area contributed by atoms with Crippen LogP contribution in [0, 0.1) is 6.92 Å². The smallest absolute Gasteiger partial charge is 0.171 e. The minimum atomic E-state index is 0.126. The molecule has 0 fully saturated rings. The van der Waals surface area contributed by atoms with Gasteiger partial charge >= 0.3 is 0 Å². The molecule has 116 valence electrons. The van der Waals surface area contributed by atoms with Crippen molar-refractivity contribution in [3.63, 3.8) is 0 Å². The summed E-state index contributed by atoms with van der Waals surface area (Å²) in [6.07, 6.45) is 0. The SMILES string of the molecule is CCOc1ccc(C(C)NC(=S)Nc2ccc(C)cc2)cc1. The Labute approximate surface area is 137 Å². The van der Waals surface area contributed by atoms with Crippen molar-refractivity contribution in [2.45, 2.75) is 26.8 Å². The van der Waals surface area contributed by atoms with Crippen LogP contribution < -0.4 is 15.4 Å². The van der Waals surface area contributed by atoms with E-state index in [1.807, 2.05) is 31.2 Å². The first-order chi connectivity index (χ1) is 10.6. The normalized spacial score (nSPS) is 11.6. The van der Waals surface area contributed by atoms with Gasteiger partial charge in [-0.05, 0) is 62.8 Å². The lowest BCUT2D eigenvalue weighted by Gasteiger charge is -2.18. The summed E-state index contributed by atoms with van der Waals surface area (Å²) in [7, 11) is 0. The molecule has 0 aliphatic rings. The van der Waals surface area contributed by atoms with Crippen molar-refractivity contribution in [1.29, 1.82) is 0 Å². The van der Waals surface area contributed by atoms with Gasteiger partial charge in [0.15, 0.2) is 5.11 Å². The first-order valence-electron chi connectivity index (χ1n) is 7.45. The van der Waals surface area contributed by atoms with Gasteiger partial charge < -0.3 is 15.4 Å². The van der Waals surface area contributed by atoms with Crippen LogP contribution in [0.25, 0.3) is 0 Å². The molecule has 0 aliphatic heterocycles. The molecule has 22 heavy (non-hydrogen) atoms. The highest BCUT2D eigenvalue weighted by atomic mass is 32.1. The zero-order valence-electron chi connectivity index (χ0n) is 13.2. The number of nitrogens with one attached hydrogen (secondary N) is 2. The van der Waals surface area contributed by atoms with Gasteiger partial charge in [-0.2, -0.15) is 0 Å². The van der Waals surface area contributed by atoms with Gasteiger partial charge in [-0.15, -0.1) is 0 Å². The Hall–Kier alpha value is -2.07. The van der Waals surface area contributed by atoms with Crippen molar-refractivity contribution in [3.05, 3.63) is 59.7 Å².